The molecule has 0 radical (unpaired) electrons. The Morgan fingerprint density at radius 2 is 1.74 bits per heavy atom. The second-order valence-electron chi connectivity index (χ2n) is 11.4. The number of likely N-dealkylation sites (tertiary alicyclic amines) is 1. The maximum atomic E-state index is 13.6. The molecule has 38 heavy (non-hydrogen) atoms. The molecular weight excluding hydrogens is 551 g/mol. The molecule has 5 aliphatic rings. The highest BCUT2D eigenvalue weighted by molar-refractivity contribution is 8.00. The SMILES string of the molecule is COC1CC(Cl)CNC1C(=O)N1CC2NC(NC(=O)C3CNC(C)CC3C3CC(Cl)NCC3OC)SC2C1. The summed E-state index contributed by atoms with van der Waals surface area (Å²) in [6.07, 6.45) is 2.19. The average molecular weight is 594 g/mol. The van der Waals surface area contributed by atoms with E-state index >= 15 is 0 Å². The number of hydrogen-bond acceptors (Lipinski definition) is 9. The number of amides is 2. The second kappa shape index (κ2) is 12.7. The molecule has 0 saturated carbocycles. The molecule has 5 saturated heterocycles. The van der Waals surface area contributed by atoms with Crippen LogP contribution in [0.2, 0.25) is 0 Å². The van der Waals surface area contributed by atoms with Crippen LogP contribution in [-0.2, 0) is 19.1 Å². The highest BCUT2D eigenvalue weighted by Gasteiger charge is 2.48. The van der Waals surface area contributed by atoms with Crippen LogP contribution in [0.5, 0.6) is 0 Å². The van der Waals surface area contributed by atoms with Crippen LogP contribution in [0.3, 0.4) is 0 Å². The number of thioether (sulfide) groups is 1. The van der Waals surface area contributed by atoms with Gasteiger partial charge in [0.05, 0.1) is 23.6 Å². The lowest BCUT2D eigenvalue weighted by Crippen LogP contribution is -2.59. The lowest BCUT2D eigenvalue weighted by atomic mass is 9.70. The van der Waals surface area contributed by atoms with Gasteiger partial charge in [0, 0.05) is 69.7 Å². The molecule has 5 rings (SSSR count). The summed E-state index contributed by atoms with van der Waals surface area (Å²) in [4.78, 5) is 28.8. The van der Waals surface area contributed by atoms with Crippen molar-refractivity contribution in [2.45, 2.75) is 78.1 Å². The Morgan fingerprint density at radius 1 is 0.947 bits per heavy atom. The molecule has 5 N–H and O–H groups in total. The van der Waals surface area contributed by atoms with Gasteiger partial charge in [-0.1, -0.05) is 0 Å². The van der Waals surface area contributed by atoms with Gasteiger partial charge in [-0.2, -0.15) is 0 Å². The van der Waals surface area contributed by atoms with E-state index in [4.69, 9.17) is 32.7 Å². The Kier molecular flexibility index (Phi) is 9.70. The van der Waals surface area contributed by atoms with E-state index in [-0.39, 0.29) is 75.5 Å². The van der Waals surface area contributed by atoms with Crippen molar-refractivity contribution in [2.75, 3.05) is 46.9 Å². The number of hydrogen-bond donors (Lipinski definition) is 5. The number of carbonyl (C=O) groups excluding carboxylic acids is 2. The predicted octanol–water partition coefficient (Wildman–Crippen LogP) is 0.0899. The molecule has 0 spiro atoms. The van der Waals surface area contributed by atoms with Gasteiger partial charge >= 0.3 is 0 Å². The molecule has 5 fully saturated rings. The molecule has 0 aromatic rings. The number of alkyl halides is 2. The zero-order valence-corrected chi connectivity index (χ0v) is 24.7. The number of piperidine rings is 3. The fourth-order valence-electron chi connectivity index (χ4n) is 6.98. The van der Waals surface area contributed by atoms with Gasteiger partial charge in [0.1, 0.15) is 11.5 Å². The van der Waals surface area contributed by atoms with Crippen molar-refractivity contribution in [1.29, 1.82) is 0 Å². The van der Waals surface area contributed by atoms with E-state index in [2.05, 4.69) is 33.5 Å². The zero-order valence-electron chi connectivity index (χ0n) is 22.3. The lowest BCUT2D eigenvalue weighted by Gasteiger charge is -2.45. The molecule has 0 aromatic heterocycles. The largest absolute Gasteiger partial charge is 0.380 e. The van der Waals surface area contributed by atoms with E-state index in [9.17, 15) is 9.59 Å². The summed E-state index contributed by atoms with van der Waals surface area (Å²) < 4.78 is 11.4. The van der Waals surface area contributed by atoms with Crippen LogP contribution in [0.4, 0.5) is 0 Å². The van der Waals surface area contributed by atoms with Crippen molar-refractivity contribution in [3.8, 4) is 0 Å². The van der Waals surface area contributed by atoms with Crippen LogP contribution < -0.4 is 26.6 Å². The van der Waals surface area contributed by atoms with E-state index in [1.807, 2.05) is 4.90 Å². The van der Waals surface area contributed by atoms with Crippen molar-refractivity contribution in [1.82, 2.24) is 31.5 Å². The van der Waals surface area contributed by atoms with E-state index in [0.717, 1.165) is 12.8 Å². The van der Waals surface area contributed by atoms with Gasteiger partial charge in [0.2, 0.25) is 11.8 Å². The maximum Gasteiger partial charge on any atom is 0.242 e. The average Bonchev–Trinajstić information content (AvgIpc) is 3.47. The Bertz CT molecular complexity index is 849. The Labute approximate surface area is 239 Å². The van der Waals surface area contributed by atoms with Gasteiger partial charge in [0.25, 0.3) is 0 Å². The molecule has 0 aliphatic carbocycles. The molecule has 12 unspecified atom stereocenters. The first-order valence-electron chi connectivity index (χ1n) is 13.8. The summed E-state index contributed by atoms with van der Waals surface area (Å²) in [6, 6.07) is 0.115. The Balaban J connectivity index is 1.16. The third-order valence-corrected chi connectivity index (χ3v) is 11.0. The minimum atomic E-state index is -0.369. The van der Waals surface area contributed by atoms with Crippen LogP contribution in [0.25, 0.3) is 0 Å². The number of carbonyl (C=O) groups is 2. The van der Waals surface area contributed by atoms with Crippen molar-refractivity contribution in [3.63, 3.8) is 0 Å². The van der Waals surface area contributed by atoms with E-state index in [0.29, 0.717) is 45.2 Å². The molecular formula is C25H42Cl2N6O4S. The van der Waals surface area contributed by atoms with Crippen molar-refractivity contribution < 1.29 is 19.1 Å². The summed E-state index contributed by atoms with van der Waals surface area (Å²) in [5.74, 6) is 0.409. The fourth-order valence-corrected chi connectivity index (χ4v) is 8.95. The van der Waals surface area contributed by atoms with E-state index in [1.165, 1.54) is 0 Å². The first-order valence-corrected chi connectivity index (χ1v) is 15.6. The van der Waals surface area contributed by atoms with Crippen LogP contribution in [-0.4, -0.2) is 116 Å². The van der Waals surface area contributed by atoms with Crippen molar-refractivity contribution in [2.24, 2.45) is 17.8 Å². The van der Waals surface area contributed by atoms with Gasteiger partial charge in [-0.3, -0.25) is 20.2 Å². The minimum absolute atomic E-state index is 0.0303. The molecule has 0 aromatic carbocycles. The Morgan fingerprint density at radius 3 is 2.47 bits per heavy atom. The molecule has 2 amide bonds. The number of halogens is 2. The number of rotatable bonds is 6. The molecule has 10 nitrogen and oxygen atoms in total. The topological polar surface area (TPSA) is 116 Å². The smallest absolute Gasteiger partial charge is 0.242 e. The first-order chi connectivity index (χ1) is 18.3. The predicted molar refractivity (Wildman–Crippen MR) is 149 cm³/mol. The summed E-state index contributed by atoms with van der Waals surface area (Å²) in [5.41, 5.74) is -0.268. The second-order valence-corrected chi connectivity index (χ2v) is 13.9. The quantitative estimate of drug-likeness (QED) is 0.216. The van der Waals surface area contributed by atoms with Gasteiger partial charge in [-0.15, -0.1) is 35.0 Å². The van der Waals surface area contributed by atoms with Crippen LogP contribution in [0, 0.1) is 17.8 Å². The zero-order chi connectivity index (χ0) is 27.0. The standard InChI is InChI=1S/C25H42Cl2N6O4S/c1-12-4-14(15-6-21(27)29-9-19(15)37-3)16(8-28-12)23(34)32-25-31-17-10-33(11-20(17)38-25)24(35)22-18(36-2)5-13(26)7-30-22/h12-22,25,28-31H,4-11H2,1-3H3,(H,32,34). The lowest BCUT2D eigenvalue weighted by molar-refractivity contribution is -0.137. The van der Waals surface area contributed by atoms with Gasteiger partial charge in [-0.25, -0.2) is 0 Å². The summed E-state index contributed by atoms with van der Waals surface area (Å²) in [7, 11) is 3.38. The third kappa shape index (κ3) is 6.26. The number of ether oxygens (including phenoxy) is 2. The maximum absolute atomic E-state index is 13.6. The summed E-state index contributed by atoms with van der Waals surface area (Å²) >= 11 is 14.4. The Hall–Kier alpha value is -0.370. The minimum Gasteiger partial charge on any atom is -0.380 e. The van der Waals surface area contributed by atoms with Crippen LogP contribution in [0.1, 0.15) is 26.2 Å². The fraction of sp³-hybridized carbons (Fsp3) is 0.920. The van der Waals surface area contributed by atoms with Gasteiger partial charge < -0.3 is 30.3 Å². The molecule has 216 valence electrons. The third-order valence-electron chi connectivity index (χ3n) is 9.03. The summed E-state index contributed by atoms with van der Waals surface area (Å²) in [5, 5.41) is 17.1. The van der Waals surface area contributed by atoms with Crippen molar-refractivity contribution in [3.05, 3.63) is 0 Å². The van der Waals surface area contributed by atoms with Crippen molar-refractivity contribution >= 4 is 46.8 Å². The number of nitrogens with one attached hydrogen (secondary N) is 5. The number of nitrogens with zero attached hydrogens (tertiary/aromatic N) is 1. The molecule has 0 bridgehead atoms. The van der Waals surface area contributed by atoms with E-state index in [1.54, 1.807) is 26.0 Å². The molecule has 5 heterocycles. The van der Waals surface area contributed by atoms with E-state index < -0.39 is 0 Å². The molecule has 12 atom stereocenters. The highest BCUT2D eigenvalue weighted by atomic mass is 35.5. The van der Waals surface area contributed by atoms with Crippen LogP contribution >= 0.6 is 35.0 Å². The van der Waals surface area contributed by atoms with Crippen LogP contribution in [0.15, 0.2) is 0 Å². The molecule has 5 aliphatic heterocycles. The number of fused-ring (bicyclic) bond motifs is 1. The summed E-state index contributed by atoms with van der Waals surface area (Å²) in [6.45, 7) is 5.40. The highest BCUT2D eigenvalue weighted by Crippen LogP contribution is 2.38. The van der Waals surface area contributed by atoms with Gasteiger partial charge in [-0.05, 0) is 38.0 Å². The first kappa shape index (κ1) is 29.1. The number of methoxy groups -OCH3 is 2. The molecule has 13 heteroatoms. The van der Waals surface area contributed by atoms with Gasteiger partial charge in [0.15, 0.2) is 0 Å². The normalized spacial score (nSPS) is 45.6. The monoisotopic (exact) mass is 592 g/mol.